The average Bonchev–Trinajstić information content (AvgIpc) is 3.00. The summed E-state index contributed by atoms with van der Waals surface area (Å²) in [6, 6.07) is 15.3. The molecule has 0 saturated carbocycles. The second kappa shape index (κ2) is 15.6. The molecule has 0 aromatic heterocycles. The number of aliphatic hydroxyl groups excluding tert-OH is 1. The fraction of sp³-hybridized carbons (Fsp3) is 0.281. The quantitative estimate of drug-likeness (QED) is 0.0792. The van der Waals surface area contributed by atoms with Gasteiger partial charge < -0.3 is 34.7 Å². The number of amides is 2. The maximum Gasteiger partial charge on any atom is 0.337 e. The van der Waals surface area contributed by atoms with Gasteiger partial charge in [-0.25, -0.2) is 9.59 Å². The molecule has 1 aliphatic heterocycles. The minimum Gasteiger partial charge on any atom is -0.490 e. The molecule has 0 bridgehead atoms. The molecule has 2 amide bonds. The topological polar surface area (TPSA) is 140 Å². The van der Waals surface area contributed by atoms with Crippen LogP contribution in [0.25, 0.3) is 0 Å². The van der Waals surface area contributed by atoms with Crippen molar-refractivity contribution in [2.24, 2.45) is 5.10 Å². The van der Waals surface area contributed by atoms with Gasteiger partial charge in [0.15, 0.2) is 23.5 Å². The van der Waals surface area contributed by atoms with Crippen molar-refractivity contribution in [1.82, 2.24) is 16.1 Å². The van der Waals surface area contributed by atoms with Gasteiger partial charge in [0.25, 0.3) is 0 Å². The van der Waals surface area contributed by atoms with Crippen LogP contribution in [-0.2, 0) is 16.1 Å². The molecule has 1 aliphatic rings. The summed E-state index contributed by atoms with van der Waals surface area (Å²) < 4.78 is 23.0. The maximum atomic E-state index is 12.4. The molecule has 0 fully saturated rings. The predicted octanol–water partition coefficient (Wildman–Crippen LogP) is 5.51. The molecule has 3 aromatic carbocycles. The minimum absolute atomic E-state index is 0.163. The lowest BCUT2D eigenvalue weighted by Crippen LogP contribution is -2.45. The Labute approximate surface area is 274 Å². The van der Waals surface area contributed by atoms with Gasteiger partial charge in [0.1, 0.15) is 13.2 Å². The average molecular weight is 702 g/mol. The monoisotopic (exact) mass is 700 g/mol. The highest BCUT2D eigenvalue weighted by atomic mass is 79.9. The first kappa shape index (κ1) is 33.6. The number of carbonyl (C=O) groups excluding carboxylic acids is 2. The molecule has 4 N–H and O–H groups in total. The van der Waals surface area contributed by atoms with E-state index in [2.05, 4.69) is 37.1 Å². The van der Waals surface area contributed by atoms with Gasteiger partial charge in [-0.3, -0.25) is 5.43 Å². The molecule has 1 heterocycles. The van der Waals surface area contributed by atoms with E-state index in [0.29, 0.717) is 56.8 Å². The number of benzene rings is 3. The normalized spacial score (nSPS) is 15.3. The first-order valence-corrected chi connectivity index (χ1v) is 15.2. The van der Waals surface area contributed by atoms with Crippen molar-refractivity contribution in [2.75, 3.05) is 20.3 Å². The summed E-state index contributed by atoms with van der Waals surface area (Å²) in [6.45, 7) is 6.00. The minimum atomic E-state index is -1.16. The zero-order chi connectivity index (χ0) is 32.5. The van der Waals surface area contributed by atoms with Crippen molar-refractivity contribution in [2.45, 2.75) is 39.6 Å². The molecule has 13 heteroatoms. The van der Waals surface area contributed by atoms with Gasteiger partial charge in [-0.05, 0) is 77.7 Å². The van der Waals surface area contributed by atoms with Crippen LogP contribution in [0.1, 0.15) is 42.1 Å². The van der Waals surface area contributed by atoms with Gasteiger partial charge in [-0.1, -0.05) is 47.5 Å². The number of hydrogen-bond acceptors (Lipinski definition) is 9. The first-order valence-electron chi connectivity index (χ1n) is 14.0. The SMILES string of the molecule is CCOc1cc([C@@H]2NC(=O)NC(C)=C2C(=O)OC)ccc1OC[C@@H](O)N/N=C\c1cc(Cl)c(OCc2ccc(C)cc2)c(Br)c1. The summed E-state index contributed by atoms with van der Waals surface area (Å²) in [7, 11) is 1.27. The molecular formula is C32H34BrClN4O7. The van der Waals surface area contributed by atoms with E-state index in [9.17, 15) is 14.7 Å². The number of aryl methyl sites for hydroxylation is 1. The number of halogens is 2. The molecular weight excluding hydrogens is 668 g/mol. The Bertz CT molecular complexity index is 1570. The zero-order valence-electron chi connectivity index (χ0n) is 25.1. The van der Waals surface area contributed by atoms with Crippen molar-refractivity contribution < 1.29 is 33.6 Å². The standard InChI is InChI=1S/C32H34BrClN4O7/c1-5-43-26-14-22(29-28(31(40)42-4)19(3)36-32(41)37-29)10-11-25(26)44-17-27(39)38-35-15-21-12-23(33)30(24(34)13-21)45-16-20-8-6-18(2)7-9-20/h6-15,27,29,38-39H,5,16-17H2,1-4H3,(H2,36,37,41)/b35-15-/t27-,29+/m1/s1. The molecule has 0 aliphatic carbocycles. The predicted molar refractivity (Wildman–Crippen MR) is 174 cm³/mol. The van der Waals surface area contributed by atoms with E-state index in [0.717, 1.165) is 5.56 Å². The van der Waals surface area contributed by atoms with Crippen LogP contribution in [0.15, 0.2) is 75.4 Å². The van der Waals surface area contributed by atoms with E-state index >= 15 is 0 Å². The molecule has 11 nitrogen and oxygen atoms in total. The summed E-state index contributed by atoms with van der Waals surface area (Å²) in [5.74, 6) is 0.657. The lowest BCUT2D eigenvalue weighted by molar-refractivity contribution is -0.136. The van der Waals surface area contributed by atoms with Crippen LogP contribution in [0, 0.1) is 6.92 Å². The van der Waals surface area contributed by atoms with Crippen LogP contribution in [0.2, 0.25) is 5.02 Å². The number of esters is 1. The number of ether oxygens (including phenoxy) is 4. The fourth-order valence-electron chi connectivity index (χ4n) is 4.45. The van der Waals surface area contributed by atoms with Crippen LogP contribution in [-0.4, -0.2) is 49.9 Å². The molecule has 238 valence electrons. The van der Waals surface area contributed by atoms with Crippen LogP contribution < -0.4 is 30.3 Å². The molecule has 0 spiro atoms. The second-order valence-electron chi connectivity index (χ2n) is 10.0. The van der Waals surface area contributed by atoms with E-state index < -0.39 is 24.3 Å². The Morgan fingerprint density at radius 1 is 1.11 bits per heavy atom. The van der Waals surface area contributed by atoms with Gasteiger partial charge in [-0.15, -0.1) is 0 Å². The molecule has 4 rings (SSSR count). The zero-order valence-corrected chi connectivity index (χ0v) is 27.5. The highest BCUT2D eigenvalue weighted by Crippen LogP contribution is 2.36. The smallest absolute Gasteiger partial charge is 0.337 e. The van der Waals surface area contributed by atoms with Crippen molar-refractivity contribution >= 4 is 45.7 Å². The molecule has 0 unspecified atom stereocenters. The number of carbonyl (C=O) groups is 2. The van der Waals surface area contributed by atoms with E-state index in [4.69, 9.17) is 30.5 Å². The Kier molecular flexibility index (Phi) is 11.7. The summed E-state index contributed by atoms with van der Waals surface area (Å²) >= 11 is 9.97. The van der Waals surface area contributed by atoms with Crippen molar-refractivity contribution in [3.05, 3.63) is 97.6 Å². The Morgan fingerprint density at radius 3 is 2.56 bits per heavy atom. The summed E-state index contributed by atoms with van der Waals surface area (Å²) in [4.78, 5) is 24.6. The number of aliphatic hydroxyl groups is 1. The van der Waals surface area contributed by atoms with Crippen LogP contribution >= 0.6 is 27.5 Å². The molecule has 2 atom stereocenters. The van der Waals surface area contributed by atoms with Gasteiger partial charge in [0, 0.05) is 5.70 Å². The lowest BCUT2D eigenvalue weighted by Gasteiger charge is -2.28. The fourth-order valence-corrected chi connectivity index (χ4v) is 5.44. The number of rotatable bonds is 13. The highest BCUT2D eigenvalue weighted by Gasteiger charge is 2.32. The van der Waals surface area contributed by atoms with Gasteiger partial charge in [0.05, 0.1) is 41.0 Å². The van der Waals surface area contributed by atoms with Crippen molar-refractivity contribution in [3.8, 4) is 17.2 Å². The van der Waals surface area contributed by atoms with Gasteiger partial charge >= 0.3 is 12.0 Å². The number of hydrogen-bond donors (Lipinski definition) is 4. The van der Waals surface area contributed by atoms with Crippen LogP contribution in [0.4, 0.5) is 4.79 Å². The third kappa shape index (κ3) is 8.90. The summed E-state index contributed by atoms with van der Waals surface area (Å²) in [5, 5.41) is 20.3. The maximum absolute atomic E-state index is 12.4. The third-order valence-electron chi connectivity index (χ3n) is 6.63. The van der Waals surface area contributed by atoms with E-state index in [-0.39, 0.29) is 12.2 Å². The summed E-state index contributed by atoms with van der Waals surface area (Å²) in [5.41, 5.74) is 6.72. The lowest BCUT2D eigenvalue weighted by atomic mass is 9.95. The van der Waals surface area contributed by atoms with E-state index in [1.54, 1.807) is 37.3 Å². The number of hydrazone groups is 1. The van der Waals surface area contributed by atoms with Crippen molar-refractivity contribution in [3.63, 3.8) is 0 Å². The Balaban J connectivity index is 1.37. The summed E-state index contributed by atoms with van der Waals surface area (Å²) in [6.07, 6.45) is 0.345. The Hall–Kier alpha value is -4.26. The highest BCUT2D eigenvalue weighted by molar-refractivity contribution is 9.10. The van der Waals surface area contributed by atoms with Gasteiger partial charge in [0.2, 0.25) is 0 Å². The molecule has 45 heavy (non-hydrogen) atoms. The molecule has 0 saturated heterocycles. The number of methoxy groups -OCH3 is 1. The van der Waals surface area contributed by atoms with E-state index in [1.165, 1.54) is 18.9 Å². The molecule has 3 aromatic rings. The number of urea groups is 1. The largest absolute Gasteiger partial charge is 0.490 e. The first-order chi connectivity index (χ1) is 21.6. The number of nitrogens with zero attached hydrogens (tertiary/aromatic N) is 1. The number of allylic oxidation sites excluding steroid dienone is 1. The molecule has 0 radical (unpaired) electrons. The van der Waals surface area contributed by atoms with Crippen LogP contribution in [0.3, 0.4) is 0 Å². The Morgan fingerprint density at radius 2 is 1.87 bits per heavy atom. The third-order valence-corrected chi connectivity index (χ3v) is 7.50. The van der Waals surface area contributed by atoms with E-state index in [1.807, 2.05) is 38.1 Å². The number of nitrogens with one attached hydrogen (secondary N) is 3. The van der Waals surface area contributed by atoms with Crippen molar-refractivity contribution in [1.29, 1.82) is 0 Å². The second-order valence-corrected chi connectivity index (χ2v) is 11.3. The van der Waals surface area contributed by atoms with Gasteiger partial charge in [-0.2, -0.15) is 5.10 Å². The van der Waals surface area contributed by atoms with Crippen LogP contribution in [0.5, 0.6) is 17.2 Å².